The van der Waals surface area contributed by atoms with Crippen molar-refractivity contribution in [1.82, 2.24) is 9.78 Å². The van der Waals surface area contributed by atoms with Gasteiger partial charge in [-0.2, -0.15) is 5.10 Å². The summed E-state index contributed by atoms with van der Waals surface area (Å²) in [5.74, 6) is 0. The third-order valence-electron chi connectivity index (χ3n) is 2.93. The van der Waals surface area contributed by atoms with Gasteiger partial charge in [0, 0.05) is 24.5 Å². The van der Waals surface area contributed by atoms with Crippen molar-refractivity contribution in [2.24, 2.45) is 7.05 Å². The van der Waals surface area contributed by atoms with Crippen LogP contribution < -0.4 is 0 Å². The molecule has 0 saturated carbocycles. The third-order valence-corrected chi connectivity index (χ3v) is 2.93. The van der Waals surface area contributed by atoms with Gasteiger partial charge in [0.05, 0.1) is 18.1 Å². The second-order valence-corrected chi connectivity index (χ2v) is 4.23. The van der Waals surface area contributed by atoms with Crippen LogP contribution in [-0.4, -0.2) is 14.9 Å². The van der Waals surface area contributed by atoms with Crippen molar-refractivity contribution in [1.29, 1.82) is 0 Å². The number of aliphatic hydroxyl groups is 1. The molecular formula is C12H16N2O2. The molecule has 2 aromatic heterocycles. The summed E-state index contributed by atoms with van der Waals surface area (Å²) in [6, 6.07) is 3.76. The molecule has 1 N–H and O–H groups in total. The Kier molecular flexibility index (Phi) is 2.83. The molecule has 2 rings (SSSR count). The van der Waals surface area contributed by atoms with Crippen molar-refractivity contribution in [2.75, 3.05) is 0 Å². The van der Waals surface area contributed by atoms with Crippen LogP contribution in [0.25, 0.3) is 0 Å². The van der Waals surface area contributed by atoms with Gasteiger partial charge in [0.25, 0.3) is 0 Å². The van der Waals surface area contributed by atoms with E-state index < -0.39 is 5.60 Å². The first-order valence-corrected chi connectivity index (χ1v) is 5.31. The van der Waals surface area contributed by atoms with Crippen LogP contribution in [0.3, 0.4) is 0 Å². The second kappa shape index (κ2) is 4.14. The number of hydrogen-bond donors (Lipinski definition) is 1. The van der Waals surface area contributed by atoms with E-state index in [4.69, 9.17) is 4.42 Å². The number of nitrogens with zero attached hydrogens (tertiary/aromatic N) is 2. The summed E-state index contributed by atoms with van der Waals surface area (Å²) in [4.78, 5) is 0. The van der Waals surface area contributed by atoms with Crippen LogP contribution in [0.4, 0.5) is 0 Å². The lowest BCUT2D eigenvalue weighted by atomic mass is 9.93. The highest BCUT2D eigenvalue weighted by Gasteiger charge is 2.24. The number of rotatable bonds is 4. The molecule has 16 heavy (non-hydrogen) atoms. The standard InChI is InChI=1S/C12H16N2O2/c1-12(15,10-5-8-16-9-10)6-3-11-4-7-13-14(11)2/h4-5,7-9,15H,3,6H2,1-2H3. The van der Waals surface area contributed by atoms with E-state index in [2.05, 4.69) is 5.10 Å². The topological polar surface area (TPSA) is 51.2 Å². The first kappa shape index (κ1) is 11.0. The van der Waals surface area contributed by atoms with Crippen molar-refractivity contribution in [3.8, 4) is 0 Å². The van der Waals surface area contributed by atoms with Crippen LogP contribution >= 0.6 is 0 Å². The Labute approximate surface area is 94.5 Å². The van der Waals surface area contributed by atoms with E-state index >= 15 is 0 Å². The SMILES string of the molecule is Cn1nccc1CCC(C)(O)c1ccoc1. The van der Waals surface area contributed by atoms with Crippen molar-refractivity contribution in [2.45, 2.75) is 25.4 Å². The summed E-state index contributed by atoms with van der Waals surface area (Å²) in [7, 11) is 1.90. The average Bonchev–Trinajstić information content (AvgIpc) is 2.85. The van der Waals surface area contributed by atoms with E-state index in [1.807, 2.05) is 17.8 Å². The number of hydrogen-bond acceptors (Lipinski definition) is 3. The minimum absolute atomic E-state index is 0.645. The van der Waals surface area contributed by atoms with E-state index in [0.717, 1.165) is 17.7 Å². The van der Waals surface area contributed by atoms with Gasteiger partial charge < -0.3 is 9.52 Å². The summed E-state index contributed by atoms with van der Waals surface area (Å²) in [5, 5.41) is 14.4. The maximum Gasteiger partial charge on any atom is 0.0963 e. The van der Waals surface area contributed by atoms with Crippen LogP contribution in [0.5, 0.6) is 0 Å². The molecule has 2 aromatic rings. The molecule has 0 amide bonds. The number of aryl methyl sites for hydroxylation is 2. The molecule has 4 nitrogen and oxygen atoms in total. The van der Waals surface area contributed by atoms with Gasteiger partial charge >= 0.3 is 0 Å². The fraction of sp³-hybridized carbons (Fsp3) is 0.417. The normalized spacial score (nSPS) is 14.9. The maximum absolute atomic E-state index is 10.3. The molecule has 0 aliphatic heterocycles. The predicted octanol–water partition coefficient (Wildman–Crippen LogP) is 1.85. The van der Waals surface area contributed by atoms with Gasteiger partial charge in [-0.15, -0.1) is 0 Å². The maximum atomic E-state index is 10.3. The Balaban J connectivity index is 2.03. The van der Waals surface area contributed by atoms with Crippen molar-refractivity contribution in [3.05, 3.63) is 42.1 Å². The lowest BCUT2D eigenvalue weighted by Gasteiger charge is -2.21. The molecular weight excluding hydrogens is 204 g/mol. The predicted molar refractivity (Wildman–Crippen MR) is 59.8 cm³/mol. The van der Waals surface area contributed by atoms with Crippen LogP contribution in [0.2, 0.25) is 0 Å². The molecule has 0 saturated heterocycles. The van der Waals surface area contributed by atoms with Crippen LogP contribution in [0, 0.1) is 0 Å². The summed E-state index contributed by atoms with van der Waals surface area (Å²) in [6.07, 6.45) is 6.36. The first-order chi connectivity index (χ1) is 7.59. The summed E-state index contributed by atoms with van der Waals surface area (Å²) < 4.78 is 6.81. The van der Waals surface area contributed by atoms with E-state index in [0.29, 0.717) is 6.42 Å². The second-order valence-electron chi connectivity index (χ2n) is 4.23. The lowest BCUT2D eigenvalue weighted by Crippen LogP contribution is -2.21. The highest BCUT2D eigenvalue weighted by molar-refractivity contribution is 5.15. The van der Waals surface area contributed by atoms with Gasteiger partial charge in [-0.3, -0.25) is 4.68 Å². The molecule has 1 atom stereocenters. The largest absolute Gasteiger partial charge is 0.472 e. The molecule has 86 valence electrons. The van der Waals surface area contributed by atoms with Gasteiger partial charge in [0.1, 0.15) is 0 Å². The van der Waals surface area contributed by atoms with Gasteiger partial charge in [-0.05, 0) is 31.9 Å². The molecule has 0 aromatic carbocycles. The minimum Gasteiger partial charge on any atom is -0.472 e. The molecule has 0 bridgehead atoms. The van der Waals surface area contributed by atoms with E-state index in [1.165, 1.54) is 0 Å². The monoisotopic (exact) mass is 220 g/mol. The molecule has 0 aliphatic carbocycles. The Hall–Kier alpha value is -1.55. The fourth-order valence-corrected chi connectivity index (χ4v) is 1.73. The van der Waals surface area contributed by atoms with Crippen LogP contribution in [0.1, 0.15) is 24.6 Å². The van der Waals surface area contributed by atoms with Gasteiger partial charge in [0.15, 0.2) is 0 Å². The molecule has 4 heteroatoms. The molecule has 0 spiro atoms. The Morgan fingerprint density at radius 2 is 2.31 bits per heavy atom. The molecule has 0 fully saturated rings. The van der Waals surface area contributed by atoms with E-state index in [1.54, 1.807) is 31.7 Å². The van der Waals surface area contributed by atoms with Crippen molar-refractivity contribution >= 4 is 0 Å². The van der Waals surface area contributed by atoms with E-state index in [-0.39, 0.29) is 0 Å². The first-order valence-electron chi connectivity index (χ1n) is 5.31. The third kappa shape index (κ3) is 2.17. The van der Waals surface area contributed by atoms with Crippen LogP contribution in [-0.2, 0) is 19.1 Å². The summed E-state index contributed by atoms with van der Waals surface area (Å²) in [5.41, 5.74) is 1.08. The number of aromatic nitrogens is 2. The van der Waals surface area contributed by atoms with Crippen LogP contribution in [0.15, 0.2) is 35.3 Å². The average molecular weight is 220 g/mol. The molecule has 2 heterocycles. The lowest BCUT2D eigenvalue weighted by molar-refractivity contribution is 0.0470. The summed E-state index contributed by atoms with van der Waals surface area (Å²) >= 11 is 0. The summed E-state index contributed by atoms with van der Waals surface area (Å²) in [6.45, 7) is 1.80. The van der Waals surface area contributed by atoms with Crippen molar-refractivity contribution in [3.63, 3.8) is 0 Å². The zero-order chi connectivity index (χ0) is 11.6. The minimum atomic E-state index is -0.850. The highest BCUT2D eigenvalue weighted by atomic mass is 16.3. The van der Waals surface area contributed by atoms with Gasteiger partial charge in [-0.25, -0.2) is 0 Å². The zero-order valence-electron chi connectivity index (χ0n) is 9.55. The van der Waals surface area contributed by atoms with Crippen molar-refractivity contribution < 1.29 is 9.52 Å². The zero-order valence-corrected chi connectivity index (χ0v) is 9.55. The van der Waals surface area contributed by atoms with E-state index in [9.17, 15) is 5.11 Å². The molecule has 0 aliphatic rings. The smallest absolute Gasteiger partial charge is 0.0963 e. The Bertz CT molecular complexity index is 443. The Morgan fingerprint density at radius 3 is 2.88 bits per heavy atom. The molecule has 0 radical (unpaired) electrons. The number of furan rings is 1. The highest BCUT2D eigenvalue weighted by Crippen LogP contribution is 2.26. The van der Waals surface area contributed by atoms with Gasteiger partial charge in [-0.1, -0.05) is 0 Å². The quantitative estimate of drug-likeness (QED) is 0.855. The molecule has 1 unspecified atom stereocenters. The Morgan fingerprint density at radius 1 is 1.50 bits per heavy atom. The van der Waals surface area contributed by atoms with Gasteiger partial charge in [0.2, 0.25) is 0 Å². The fourth-order valence-electron chi connectivity index (χ4n) is 1.73.